The van der Waals surface area contributed by atoms with Crippen molar-refractivity contribution in [2.45, 2.75) is 32.1 Å². The standard InChI is InChI=1S/C17H16F2N4O/c1-17(2,3)14-13-12(9-5-4-8(18)6-11(9)19)10(7-20)15(21)24-16(13)23-22-14/h4-6,12H,21H2,1-3H3,(H,22,23)/t12-/m0/s1. The minimum Gasteiger partial charge on any atom is -0.420 e. The molecule has 0 saturated heterocycles. The molecule has 2 aromatic rings. The normalized spacial score (nSPS) is 17.2. The Morgan fingerprint density at radius 1 is 1.33 bits per heavy atom. The Morgan fingerprint density at radius 3 is 2.62 bits per heavy atom. The quantitative estimate of drug-likeness (QED) is 0.840. The van der Waals surface area contributed by atoms with E-state index in [-0.39, 0.29) is 28.3 Å². The van der Waals surface area contributed by atoms with Gasteiger partial charge in [-0.05, 0) is 6.07 Å². The maximum atomic E-state index is 14.4. The first kappa shape index (κ1) is 16.0. The highest BCUT2D eigenvalue weighted by molar-refractivity contribution is 5.56. The van der Waals surface area contributed by atoms with E-state index in [1.807, 2.05) is 26.8 Å². The molecule has 5 nitrogen and oxygen atoms in total. The Balaban J connectivity index is 2.31. The number of ether oxygens (including phenoxy) is 1. The van der Waals surface area contributed by atoms with Crippen LogP contribution in [0.15, 0.2) is 29.7 Å². The summed E-state index contributed by atoms with van der Waals surface area (Å²) in [4.78, 5) is 0. The fraction of sp³-hybridized carbons (Fsp3) is 0.294. The summed E-state index contributed by atoms with van der Waals surface area (Å²) in [6.45, 7) is 5.85. The van der Waals surface area contributed by atoms with Crippen molar-refractivity contribution in [1.29, 1.82) is 5.26 Å². The maximum Gasteiger partial charge on any atom is 0.244 e. The Hall–Kier alpha value is -2.88. The van der Waals surface area contributed by atoms with Gasteiger partial charge >= 0.3 is 0 Å². The number of nitriles is 1. The number of nitrogens with two attached hydrogens (primary N) is 1. The van der Waals surface area contributed by atoms with Gasteiger partial charge in [0.25, 0.3) is 0 Å². The summed E-state index contributed by atoms with van der Waals surface area (Å²) >= 11 is 0. The highest BCUT2D eigenvalue weighted by atomic mass is 19.1. The van der Waals surface area contributed by atoms with Crippen LogP contribution in [0, 0.1) is 23.0 Å². The van der Waals surface area contributed by atoms with Crippen LogP contribution in [0.5, 0.6) is 5.88 Å². The number of aromatic nitrogens is 2. The van der Waals surface area contributed by atoms with Crippen LogP contribution in [-0.4, -0.2) is 10.2 Å². The Labute approximate surface area is 137 Å². The Kier molecular flexibility index (Phi) is 3.56. The van der Waals surface area contributed by atoms with Crippen molar-refractivity contribution in [2.24, 2.45) is 5.73 Å². The van der Waals surface area contributed by atoms with E-state index in [1.165, 1.54) is 6.07 Å². The van der Waals surface area contributed by atoms with E-state index in [1.54, 1.807) is 0 Å². The van der Waals surface area contributed by atoms with Gasteiger partial charge in [-0.25, -0.2) is 8.78 Å². The van der Waals surface area contributed by atoms with Gasteiger partial charge in [0, 0.05) is 22.7 Å². The molecule has 1 aliphatic heterocycles. The van der Waals surface area contributed by atoms with Crippen molar-refractivity contribution in [3.8, 4) is 11.9 Å². The third-order valence-electron chi connectivity index (χ3n) is 3.96. The van der Waals surface area contributed by atoms with Gasteiger partial charge in [0.05, 0.1) is 11.5 Å². The second-order valence-electron chi connectivity index (χ2n) is 6.66. The Bertz CT molecular complexity index is 887. The predicted octanol–water partition coefficient (Wildman–Crippen LogP) is 3.20. The lowest BCUT2D eigenvalue weighted by molar-refractivity contribution is 0.377. The van der Waals surface area contributed by atoms with Crippen molar-refractivity contribution >= 4 is 0 Å². The fourth-order valence-electron chi connectivity index (χ4n) is 2.86. The highest BCUT2D eigenvalue weighted by Gasteiger charge is 2.39. The number of hydrogen-bond acceptors (Lipinski definition) is 4. The van der Waals surface area contributed by atoms with Crippen LogP contribution >= 0.6 is 0 Å². The van der Waals surface area contributed by atoms with Crippen molar-refractivity contribution in [2.75, 3.05) is 0 Å². The molecule has 24 heavy (non-hydrogen) atoms. The molecule has 0 saturated carbocycles. The van der Waals surface area contributed by atoms with Crippen molar-refractivity contribution in [3.63, 3.8) is 0 Å². The molecule has 2 heterocycles. The van der Waals surface area contributed by atoms with Gasteiger partial charge in [-0.15, -0.1) is 5.10 Å². The van der Waals surface area contributed by atoms with Crippen molar-refractivity contribution in [1.82, 2.24) is 10.2 Å². The monoisotopic (exact) mass is 330 g/mol. The number of aromatic amines is 1. The number of nitrogens with zero attached hydrogens (tertiary/aromatic N) is 2. The number of benzene rings is 1. The fourth-order valence-corrected chi connectivity index (χ4v) is 2.86. The molecule has 1 atom stereocenters. The van der Waals surface area contributed by atoms with Gasteiger partial charge in [0.1, 0.15) is 23.3 Å². The van der Waals surface area contributed by atoms with Crippen LogP contribution in [0.4, 0.5) is 8.78 Å². The molecule has 1 aliphatic rings. The minimum absolute atomic E-state index is 0.0694. The third kappa shape index (κ3) is 2.40. The zero-order valence-corrected chi connectivity index (χ0v) is 13.4. The second kappa shape index (κ2) is 5.34. The van der Waals surface area contributed by atoms with Crippen LogP contribution in [-0.2, 0) is 5.41 Å². The summed E-state index contributed by atoms with van der Waals surface area (Å²) < 4.78 is 33.1. The van der Waals surface area contributed by atoms with E-state index in [4.69, 9.17) is 10.5 Å². The van der Waals surface area contributed by atoms with Crippen LogP contribution in [0.1, 0.15) is 43.5 Å². The first-order chi connectivity index (χ1) is 11.2. The lowest BCUT2D eigenvalue weighted by Gasteiger charge is -2.27. The molecule has 0 radical (unpaired) electrons. The van der Waals surface area contributed by atoms with Gasteiger partial charge in [0.15, 0.2) is 0 Å². The Morgan fingerprint density at radius 2 is 2.04 bits per heavy atom. The topological polar surface area (TPSA) is 87.7 Å². The number of fused-ring (bicyclic) bond motifs is 1. The summed E-state index contributed by atoms with van der Waals surface area (Å²) in [5.74, 6) is -2.19. The molecule has 0 spiro atoms. The number of H-pyrrole nitrogens is 1. The van der Waals surface area contributed by atoms with E-state index < -0.39 is 17.6 Å². The van der Waals surface area contributed by atoms with Gasteiger partial charge in [0.2, 0.25) is 11.8 Å². The number of rotatable bonds is 1. The zero-order valence-electron chi connectivity index (χ0n) is 13.4. The average molecular weight is 330 g/mol. The largest absolute Gasteiger partial charge is 0.420 e. The maximum absolute atomic E-state index is 14.4. The molecule has 0 fully saturated rings. The predicted molar refractivity (Wildman–Crippen MR) is 82.9 cm³/mol. The molecule has 1 aromatic carbocycles. The van der Waals surface area contributed by atoms with Crippen LogP contribution in [0.3, 0.4) is 0 Å². The number of halogens is 2. The van der Waals surface area contributed by atoms with Gasteiger partial charge in [-0.1, -0.05) is 26.8 Å². The molecular formula is C17H16F2N4O. The van der Waals surface area contributed by atoms with E-state index in [2.05, 4.69) is 10.2 Å². The summed E-state index contributed by atoms with van der Waals surface area (Å²) in [5.41, 5.74) is 6.92. The summed E-state index contributed by atoms with van der Waals surface area (Å²) in [6.07, 6.45) is 0. The number of hydrogen-bond donors (Lipinski definition) is 2. The summed E-state index contributed by atoms with van der Waals surface area (Å²) in [7, 11) is 0. The van der Waals surface area contributed by atoms with Gasteiger partial charge < -0.3 is 10.5 Å². The van der Waals surface area contributed by atoms with Crippen molar-refractivity contribution < 1.29 is 13.5 Å². The average Bonchev–Trinajstić information content (AvgIpc) is 2.89. The molecule has 124 valence electrons. The molecule has 3 rings (SSSR count). The van der Waals surface area contributed by atoms with E-state index in [9.17, 15) is 14.0 Å². The molecule has 0 amide bonds. The minimum atomic E-state index is -0.813. The highest BCUT2D eigenvalue weighted by Crippen LogP contribution is 2.46. The second-order valence-corrected chi connectivity index (χ2v) is 6.66. The van der Waals surface area contributed by atoms with Crippen LogP contribution in [0.25, 0.3) is 0 Å². The SMILES string of the molecule is CC(C)(C)c1[nH]nc2c1[C@@H](c1ccc(F)cc1F)C(C#N)=C(N)O2. The summed E-state index contributed by atoms with van der Waals surface area (Å²) in [6, 6.07) is 5.23. The van der Waals surface area contributed by atoms with E-state index in [0.717, 1.165) is 12.1 Å². The first-order valence-electron chi connectivity index (χ1n) is 7.35. The number of nitrogens with one attached hydrogen (secondary N) is 1. The smallest absolute Gasteiger partial charge is 0.244 e. The molecule has 7 heteroatoms. The summed E-state index contributed by atoms with van der Waals surface area (Å²) in [5, 5.41) is 16.5. The molecule has 0 bridgehead atoms. The van der Waals surface area contributed by atoms with Crippen LogP contribution < -0.4 is 10.5 Å². The van der Waals surface area contributed by atoms with E-state index >= 15 is 0 Å². The lowest BCUT2D eigenvalue weighted by atomic mass is 9.78. The lowest BCUT2D eigenvalue weighted by Crippen LogP contribution is -2.24. The molecule has 3 N–H and O–H groups in total. The molecule has 1 aromatic heterocycles. The van der Waals surface area contributed by atoms with Gasteiger partial charge in [-0.2, -0.15) is 5.26 Å². The zero-order chi connectivity index (χ0) is 17.6. The third-order valence-corrected chi connectivity index (χ3v) is 3.96. The van der Waals surface area contributed by atoms with Crippen molar-refractivity contribution in [3.05, 3.63) is 58.1 Å². The van der Waals surface area contributed by atoms with E-state index in [0.29, 0.717) is 11.3 Å². The van der Waals surface area contributed by atoms with Crippen LogP contribution in [0.2, 0.25) is 0 Å². The number of allylic oxidation sites excluding steroid dienone is 1. The molecule has 0 unspecified atom stereocenters. The van der Waals surface area contributed by atoms with Gasteiger partial charge in [-0.3, -0.25) is 5.10 Å². The molecular weight excluding hydrogens is 314 g/mol. The molecule has 0 aliphatic carbocycles. The first-order valence-corrected chi connectivity index (χ1v) is 7.35.